The van der Waals surface area contributed by atoms with Gasteiger partial charge in [0.1, 0.15) is 12.3 Å². The number of aryl methyl sites for hydroxylation is 1. The summed E-state index contributed by atoms with van der Waals surface area (Å²) in [7, 11) is 0. The Labute approximate surface area is 124 Å². The lowest BCUT2D eigenvalue weighted by Gasteiger charge is -2.16. The highest BCUT2D eigenvalue weighted by Gasteiger charge is 2.11. The Morgan fingerprint density at radius 3 is 2.45 bits per heavy atom. The molecule has 1 unspecified atom stereocenters. The molecular formula is C17H19NOS. The van der Waals surface area contributed by atoms with Gasteiger partial charge in [0, 0.05) is 10.6 Å². The molecule has 20 heavy (non-hydrogen) atoms. The normalized spacial score (nSPS) is 11.9. The number of aldehydes is 1. The van der Waals surface area contributed by atoms with Gasteiger partial charge in [-0.1, -0.05) is 37.3 Å². The lowest BCUT2D eigenvalue weighted by atomic mass is 10.1. The van der Waals surface area contributed by atoms with E-state index in [9.17, 15) is 4.79 Å². The molecule has 0 spiro atoms. The molecule has 3 heteroatoms. The van der Waals surface area contributed by atoms with Crippen molar-refractivity contribution in [3.63, 3.8) is 0 Å². The molecule has 2 rings (SSSR count). The van der Waals surface area contributed by atoms with Crippen LogP contribution in [0.4, 0.5) is 5.69 Å². The summed E-state index contributed by atoms with van der Waals surface area (Å²) in [5.41, 5.74) is 3.12. The van der Waals surface area contributed by atoms with Gasteiger partial charge in [-0.05, 0) is 42.0 Å². The van der Waals surface area contributed by atoms with Crippen LogP contribution in [0.25, 0.3) is 0 Å². The largest absolute Gasteiger partial charge is 0.372 e. The fourth-order valence-corrected chi connectivity index (χ4v) is 2.70. The van der Waals surface area contributed by atoms with Crippen molar-refractivity contribution in [2.75, 3.05) is 11.1 Å². The molecule has 0 fully saturated rings. The van der Waals surface area contributed by atoms with Gasteiger partial charge in [-0.3, -0.25) is 0 Å². The molecule has 0 radical (unpaired) electrons. The summed E-state index contributed by atoms with van der Waals surface area (Å²) in [6.45, 7) is 4.16. The molecule has 0 aliphatic carbocycles. The average molecular weight is 285 g/mol. The maximum absolute atomic E-state index is 11.4. The molecule has 0 aromatic heterocycles. The van der Waals surface area contributed by atoms with Crippen LogP contribution in [-0.2, 0) is 4.79 Å². The van der Waals surface area contributed by atoms with Crippen molar-refractivity contribution in [2.45, 2.75) is 24.8 Å². The lowest BCUT2D eigenvalue weighted by Crippen LogP contribution is -2.12. The van der Waals surface area contributed by atoms with Gasteiger partial charge in [0.2, 0.25) is 0 Å². The number of benzene rings is 2. The topological polar surface area (TPSA) is 29.1 Å². The smallest absolute Gasteiger partial charge is 0.146 e. The molecule has 2 nitrogen and oxygen atoms in total. The minimum Gasteiger partial charge on any atom is -0.372 e. The van der Waals surface area contributed by atoms with E-state index in [1.54, 1.807) is 11.8 Å². The van der Waals surface area contributed by atoms with Gasteiger partial charge in [0.15, 0.2) is 0 Å². The van der Waals surface area contributed by atoms with E-state index in [1.165, 1.54) is 4.90 Å². The van der Waals surface area contributed by atoms with Gasteiger partial charge in [-0.25, -0.2) is 0 Å². The van der Waals surface area contributed by atoms with Crippen molar-refractivity contribution in [1.82, 2.24) is 0 Å². The summed E-state index contributed by atoms with van der Waals surface area (Å²) in [6, 6.07) is 15.9. The van der Waals surface area contributed by atoms with Crippen molar-refractivity contribution >= 4 is 23.7 Å². The van der Waals surface area contributed by atoms with Crippen molar-refractivity contribution in [2.24, 2.45) is 0 Å². The molecule has 2 aromatic carbocycles. The Morgan fingerprint density at radius 2 is 1.85 bits per heavy atom. The molecule has 0 bridgehead atoms. The van der Waals surface area contributed by atoms with E-state index in [4.69, 9.17) is 0 Å². The molecule has 0 amide bonds. The van der Waals surface area contributed by atoms with E-state index in [1.807, 2.05) is 43.3 Å². The Hall–Kier alpha value is -1.74. The Bertz CT molecular complexity index is 565. The maximum atomic E-state index is 11.4. The number of para-hydroxylation sites is 1. The van der Waals surface area contributed by atoms with Crippen molar-refractivity contribution in [3.8, 4) is 0 Å². The number of hydrogen-bond acceptors (Lipinski definition) is 3. The molecule has 1 atom stereocenters. The maximum Gasteiger partial charge on any atom is 0.146 e. The zero-order valence-electron chi connectivity index (χ0n) is 11.8. The highest BCUT2D eigenvalue weighted by atomic mass is 32.2. The second kappa shape index (κ2) is 7.15. The number of carbonyl (C=O) groups is 1. The number of hydrogen-bond donors (Lipinski definition) is 1. The first kappa shape index (κ1) is 14.7. The minimum absolute atomic E-state index is 0.309. The van der Waals surface area contributed by atoms with E-state index in [0.717, 1.165) is 28.9 Å². The third-order valence-electron chi connectivity index (χ3n) is 3.14. The highest BCUT2D eigenvalue weighted by Crippen LogP contribution is 2.24. The van der Waals surface area contributed by atoms with Crippen LogP contribution in [0.1, 0.15) is 24.1 Å². The summed E-state index contributed by atoms with van der Waals surface area (Å²) in [4.78, 5) is 12.6. The van der Waals surface area contributed by atoms with Crippen molar-refractivity contribution in [3.05, 3.63) is 59.7 Å². The summed E-state index contributed by atoms with van der Waals surface area (Å²) in [5.74, 6) is 1.05. The van der Waals surface area contributed by atoms with E-state index >= 15 is 0 Å². The van der Waals surface area contributed by atoms with Crippen LogP contribution in [0, 0.1) is 6.92 Å². The van der Waals surface area contributed by atoms with E-state index in [-0.39, 0.29) is 6.04 Å². The fraction of sp³-hybridized carbons (Fsp3) is 0.235. The molecule has 0 aliphatic heterocycles. The SMILES string of the molecule is CCSc1ccc(C(C=O)Nc2ccccc2C)cc1. The Balaban J connectivity index is 2.16. The summed E-state index contributed by atoms with van der Waals surface area (Å²) in [5, 5.41) is 3.29. The zero-order valence-corrected chi connectivity index (χ0v) is 12.6. The molecule has 104 valence electrons. The third kappa shape index (κ3) is 3.64. The first-order valence-corrected chi connectivity index (χ1v) is 7.73. The number of rotatable bonds is 6. The van der Waals surface area contributed by atoms with Crippen LogP contribution in [-0.4, -0.2) is 12.0 Å². The molecule has 0 aliphatic rings. The van der Waals surface area contributed by atoms with E-state index in [0.29, 0.717) is 0 Å². The van der Waals surface area contributed by atoms with Crippen LogP contribution < -0.4 is 5.32 Å². The predicted molar refractivity (Wildman–Crippen MR) is 86.4 cm³/mol. The summed E-state index contributed by atoms with van der Waals surface area (Å²) in [6.07, 6.45) is 0.953. The van der Waals surface area contributed by atoms with Crippen LogP contribution in [0.5, 0.6) is 0 Å². The predicted octanol–water partition coefficient (Wildman–Crippen LogP) is 4.46. The second-order valence-corrected chi connectivity index (χ2v) is 5.91. The number of thioether (sulfide) groups is 1. The fourth-order valence-electron chi connectivity index (χ4n) is 2.04. The van der Waals surface area contributed by atoms with Gasteiger partial charge in [-0.15, -0.1) is 11.8 Å². The molecule has 0 saturated heterocycles. The molecule has 0 saturated carbocycles. The van der Waals surface area contributed by atoms with Crippen LogP contribution in [0.15, 0.2) is 53.4 Å². The van der Waals surface area contributed by atoms with E-state index < -0.39 is 0 Å². The van der Waals surface area contributed by atoms with Crippen LogP contribution in [0.3, 0.4) is 0 Å². The quantitative estimate of drug-likeness (QED) is 0.627. The zero-order chi connectivity index (χ0) is 14.4. The molecule has 1 N–H and O–H groups in total. The number of anilines is 1. The lowest BCUT2D eigenvalue weighted by molar-refractivity contribution is -0.108. The monoisotopic (exact) mass is 285 g/mol. The van der Waals surface area contributed by atoms with Gasteiger partial charge in [-0.2, -0.15) is 0 Å². The molecule has 2 aromatic rings. The third-order valence-corrected chi connectivity index (χ3v) is 4.04. The summed E-state index contributed by atoms with van der Waals surface area (Å²) >= 11 is 1.80. The highest BCUT2D eigenvalue weighted by molar-refractivity contribution is 7.99. The average Bonchev–Trinajstić information content (AvgIpc) is 2.48. The van der Waals surface area contributed by atoms with Crippen molar-refractivity contribution < 1.29 is 4.79 Å². The van der Waals surface area contributed by atoms with Crippen LogP contribution >= 0.6 is 11.8 Å². The Morgan fingerprint density at radius 1 is 1.15 bits per heavy atom. The van der Waals surface area contributed by atoms with Gasteiger partial charge < -0.3 is 10.1 Å². The van der Waals surface area contributed by atoms with Gasteiger partial charge >= 0.3 is 0 Å². The first-order valence-electron chi connectivity index (χ1n) is 6.75. The summed E-state index contributed by atoms with van der Waals surface area (Å²) < 4.78 is 0. The van der Waals surface area contributed by atoms with Gasteiger partial charge in [0.05, 0.1) is 0 Å². The van der Waals surface area contributed by atoms with Gasteiger partial charge in [0.25, 0.3) is 0 Å². The second-order valence-electron chi connectivity index (χ2n) is 4.58. The standard InChI is InChI=1S/C17H19NOS/c1-3-20-15-10-8-14(9-11-15)17(12-19)18-16-7-5-4-6-13(16)2/h4-12,17-18H,3H2,1-2H3. The number of nitrogens with one attached hydrogen (secondary N) is 1. The number of carbonyl (C=O) groups excluding carboxylic acids is 1. The minimum atomic E-state index is -0.309. The molecule has 0 heterocycles. The van der Waals surface area contributed by atoms with E-state index in [2.05, 4.69) is 24.4 Å². The Kier molecular flexibility index (Phi) is 5.24. The van der Waals surface area contributed by atoms with Crippen LogP contribution in [0.2, 0.25) is 0 Å². The first-order chi connectivity index (χ1) is 9.74. The molecular weight excluding hydrogens is 266 g/mol. The van der Waals surface area contributed by atoms with Crippen molar-refractivity contribution in [1.29, 1.82) is 0 Å².